The first-order valence-corrected chi connectivity index (χ1v) is 6.84. The molecule has 0 atom stereocenters. The topological polar surface area (TPSA) is 26.3 Å². The van der Waals surface area contributed by atoms with Gasteiger partial charge in [0.2, 0.25) is 0 Å². The van der Waals surface area contributed by atoms with Gasteiger partial charge in [-0.25, -0.2) is 8.78 Å². The zero-order chi connectivity index (χ0) is 14.5. The molecule has 0 fully saturated rings. The summed E-state index contributed by atoms with van der Waals surface area (Å²) in [6, 6.07) is 10.0. The molecule has 20 heavy (non-hydrogen) atoms. The number of thioether (sulfide) groups is 1. The highest BCUT2D eigenvalue weighted by Gasteiger charge is 2.13. The molecule has 0 aromatic heterocycles. The molecule has 2 aromatic carbocycles. The lowest BCUT2D eigenvalue weighted by atomic mass is 10.1. The molecule has 2 rings (SSSR count). The molecule has 2 aromatic rings. The fourth-order valence-corrected chi connectivity index (χ4v) is 2.46. The number of ketones is 1. The molecule has 0 unspecified atom stereocenters. The molecule has 0 spiro atoms. The standard InChI is InChI=1S/C15H12F2O2S/c1-19-11-5-6-13(14(17)8-11)15(18)9-20-12-4-2-3-10(16)7-12/h2-8H,9H2,1H3. The van der Waals surface area contributed by atoms with Gasteiger partial charge in [0.1, 0.15) is 17.4 Å². The molecule has 0 N–H and O–H groups in total. The second-order valence-electron chi connectivity index (χ2n) is 4.02. The van der Waals surface area contributed by atoms with Gasteiger partial charge in [0.05, 0.1) is 18.4 Å². The number of hydrogen-bond donors (Lipinski definition) is 0. The molecule has 0 aliphatic carbocycles. The number of methoxy groups -OCH3 is 1. The Morgan fingerprint density at radius 1 is 1.20 bits per heavy atom. The van der Waals surface area contributed by atoms with Gasteiger partial charge in [-0.1, -0.05) is 6.07 Å². The average Bonchev–Trinajstić information content (AvgIpc) is 2.44. The van der Waals surface area contributed by atoms with Crippen LogP contribution in [0.2, 0.25) is 0 Å². The van der Waals surface area contributed by atoms with Gasteiger partial charge in [-0.15, -0.1) is 11.8 Å². The second-order valence-corrected chi connectivity index (χ2v) is 5.06. The van der Waals surface area contributed by atoms with Crippen LogP contribution in [0.1, 0.15) is 10.4 Å². The van der Waals surface area contributed by atoms with E-state index in [0.29, 0.717) is 10.6 Å². The first kappa shape index (κ1) is 14.5. The van der Waals surface area contributed by atoms with Crippen molar-refractivity contribution in [1.82, 2.24) is 0 Å². The van der Waals surface area contributed by atoms with E-state index in [2.05, 4.69) is 0 Å². The van der Waals surface area contributed by atoms with Crippen molar-refractivity contribution >= 4 is 17.5 Å². The van der Waals surface area contributed by atoms with E-state index < -0.39 is 5.82 Å². The highest BCUT2D eigenvalue weighted by atomic mass is 32.2. The molecule has 0 saturated carbocycles. The van der Waals surface area contributed by atoms with Crippen molar-refractivity contribution in [2.24, 2.45) is 0 Å². The summed E-state index contributed by atoms with van der Waals surface area (Å²) in [5, 5.41) is 0. The van der Waals surface area contributed by atoms with Crippen LogP contribution in [0.4, 0.5) is 8.78 Å². The molecule has 0 saturated heterocycles. The number of carbonyl (C=O) groups excluding carboxylic acids is 1. The van der Waals surface area contributed by atoms with Crippen LogP contribution in [0.5, 0.6) is 5.75 Å². The van der Waals surface area contributed by atoms with Crippen LogP contribution in [0.3, 0.4) is 0 Å². The Morgan fingerprint density at radius 3 is 2.65 bits per heavy atom. The van der Waals surface area contributed by atoms with E-state index in [0.717, 1.165) is 0 Å². The summed E-state index contributed by atoms with van der Waals surface area (Å²) in [6.07, 6.45) is 0. The van der Waals surface area contributed by atoms with Crippen LogP contribution < -0.4 is 4.74 Å². The fourth-order valence-electron chi connectivity index (χ4n) is 1.63. The quantitative estimate of drug-likeness (QED) is 0.617. The Bertz CT molecular complexity index is 629. The zero-order valence-electron chi connectivity index (χ0n) is 10.7. The van der Waals surface area contributed by atoms with Gasteiger partial charge in [0.15, 0.2) is 5.78 Å². The summed E-state index contributed by atoms with van der Waals surface area (Å²) < 4.78 is 31.6. The first-order chi connectivity index (χ1) is 9.60. The summed E-state index contributed by atoms with van der Waals surface area (Å²) >= 11 is 1.17. The third-order valence-electron chi connectivity index (χ3n) is 2.64. The molecule has 2 nitrogen and oxygen atoms in total. The Balaban J connectivity index is 2.05. The third-order valence-corrected chi connectivity index (χ3v) is 3.64. The molecule has 0 amide bonds. The number of ether oxygens (including phenoxy) is 1. The van der Waals surface area contributed by atoms with Gasteiger partial charge in [0, 0.05) is 11.0 Å². The van der Waals surface area contributed by atoms with E-state index in [4.69, 9.17) is 4.74 Å². The second kappa shape index (κ2) is 6.52. The van der Waals surface area contributed by atoms with Crippen molar-refractivity contribution in [2.45, 2.75) is 4.90 Å². The summed E-state index contributed by atoms with van der Waals surface area (Å²) in [6.45, 7) is 0. The molecular formula is C15H12F2O2S. The monoisotopic (exact) mass is 294 g/mol. The van der Waals surface area contributed by atoms with Crippen LogP contribution in [0.15, 0.2) is 47.4 Å². The lowest BCUT2D eigenvalue weighted by Gasteiger charge is -2.05. The maximum atomic E-state index is 13.7. The Kier molecular flexibility index (Phi) is 4.74. The van der Waals surface area contributed by atoms with Gasteiger partial charge in [-0.05, 0) is 30.3 Å². The normalized spacial score (nSPS) is 10.3. The van der Waals surface area contributed by atoms with E-state index in [1.54, 1.807) is 12.1 Å². The van der Waals surface area contributed by atoms with E-state index in [9.17, 15) is 13.6 Å². The van der Waals surface area contributed by atoms with Gasteiger partial charge >= 0.3 is 0 Å². The lowest BCUT2D eigenvalue weighted by molar-refractivity contribution is 0.101. The van der Waals surface area contributed by atoms with Crippen LogP contribution in [-0.4, -0.2) is 18.6 Å². The van der Waals surface area contributed by atoms with Crippen LogP contribution >= 0.6 is 11.8 Å². The van der Waals surface area contributed by atoms with Crippen molar-refractivity contribution in [3.8, 4) is 5.75 Å². The Morgan fingerprint density at radius 2 is 2.00 bits per heavy atom. The molecular weight excluding hydrogens is 282 g/mol. The predicted octanol–water partition coefficient (Wildman–Crippen LogP) is 3.95. The van der Waals surface area contributed by atoms with Crippen molar-refractivity contribution in [1.29, 1.82) is 0 Å². The minimum absolute atomic E-state index is 0.00898. The van der Waals surface area contributed by atoms with E-state index in [-0.39, 0.29) is 22.9 Å². The summed E-state index contributed by atoms with van der Waals surface area (Å²) in [4.78, 5) is 12.6. The van der Waals surface area contributed by atoms with E-state index >= 15 is 0 Å². The Hall–Kier alpha value is -1.88. The summed E-state index contributed by atoms with van der Waals surface area (Å²) in [7, 11) is 1.43. The van der Waals surface area contributed by atoms with Crippen LogP contribution in [0.25, 0.3) is 0 Å². The molecule has 0 aliphatic heterocycles. The van der Waals surface area contributed by atoms with E-state index in [1.807, 2.05) is 0 Å². The minimum atomic E-state index is -0.616. The van der Waals surface area contributed by atoms with Crippen molar-refractivity contribution in [2.75, 3.05) is 12.9 Å². The first-order valence-electron chi connectivity index (χ1n) is 5.85. The predicted molar refractivity (Wildman–Crippen MR) is 74.4 cm³/mol. The number of rotatable bonds is 5. The number of halogens is 2. The highest BCUT2D eigenvalue weighted by Crippen LogP contribution is 2.22. The average molecular weight is 294 g/mol. The van der Waals surface area contributed by atoms with E-state index in [1.165, 1.54) is 49.2 Å². The maximum Gasteiger partial charge on any atom is 0.176 e. The van der Waals surface area contributed by atoms with Gasteiger partial charge in [-0.2, -0.15) is 0 Å². The third kappa shape index (κ3) is 3.57. The van der Waals surface area contributed by atoms with Gasteiger partial charge in [0.25, 0.3) is 0 Å². The zero-order valence-corrected chi connectivity index (χ0v) is 11.5. The molecule has 104 valence electrons. The molecule has 0 bridgehead atoms. The van der Waals surface area contributed by atoms with Gasteiger partial charge in [-0.3, -0.25) is 4.79 Å². The van der Waals surface area contributed by atoms with Crippen LogP contribution in [-0.2, 0) is 0 Å². The van der Waals surface area contributed by atoms with Crippen LogP contribution in [0, 0.1) is 11.6 Å². The molecule has 5 heteroatoms. The van der Waals surface area contributed by atoms with Crippen molar-refractivity contribution in [3.05, 3.63) is 59.7 Å². The van der Waals surface area contributed by atoms with Crippen molar-refractivity contribution in [3.63, 3.8) is 0 Å². The van der Waals surface area contributed by atoms with Gasteiger partial charge < -0.3 is 4.74 Å². The number of Topliss-reactive ketones (excluding diaryl/α,β-unsaturated/α-hetero) is 1. The fraction of sp³-hybridized carbons (Fsp3) is 0.133. The SMILES string of the molecule is COc1ccc(C(=O)CSc2cccc(F)c2)c(F)c1. The largest absolute Gasteiger partial charge is 0.497 e. The smallest absolute Gasteiger partial charge is 0.176 e. The summed E-state index contributed by atoms with van der Waals surface area (Å²) in [5.74, 6) is -0.921. The molecule has 0 radical (unpaired) electrons. The Labute approximate surface area is 119 Å². The highest BCUT2D eigenvalue weighted by molar-refractivity contribution is 8.00. The number of hydrogen-bond acceptors (Lipinski definition) is 3. The minimum Gasteiger partial charge on any atom is -0.497 e. The molecule has 0 heterocycles. The lowest BCUT2D eigenvalue weighted by Crippen LogP contribution is -2.05. The molecule has 0 aliphatic rings. The van der Waals surface area contributed by atoms with Crippen molar-refractivity contribution < 1.29 is 18.3 Å². The maximum absolute atomic E-state index is 13.7. The number of benzene rings is 2. The summed E-state index contributed by atoms with van der Waals surface area (Å²) in [5.41, 5.74) is 0.00898. The number of carbonyl (C=O) groups is 1.